The Hall–Kier alpha value is -3.02. The molecule has 0 unspecified atom stereocenters. The van der Waals surface area contributed by atoms with Crippen LogP contribution in [-0.4, -0.2) is 36.6 Å². The van der Waals surface area contributed by atoms with Crippen LogP contribution < -0.4 is 14.8 Å². The van der Waals surface area contributed by atoms with Gasteiger partial charge in [-0.15, -0.1) is 0 Å². The number of hydrogen-bond acceptors (Lipinski definition) is 5. The minimum Gasteiger partial charge on any atom is -0.508 e. The Morgan fingerprint density at radius 2 is 1.70 bits per heavy atom. The van der Waals surface area contributed by atoms with E-state index < -0.39 is 0 Å². The highest BCUT2D eigenvalue weighted by atomic mass is 16.6. The van der Waals surface area contributed by atoms with Crippen molar-refractivity contribution < 1.29 is 24.2 Å². The molecule has 2 N–H and O–H groups in total. The first-order valence-corrected chi connectivity index (χ1v) is 9.09. The molecule has 142 valence electrons. The number of hydrogen-bond donors (Lipinski definition) is 2. The Kier molecular flexibility index (Phi) is 6.30. The second kappa shape index (κ2) is 9.07. The van der Waals surface area contributed by atoms with Gasteiger partial charge in [0.15, 0.2) is 17.3 Å². The molecule has 1 heterocycles. The van der Waals surface area contributed by atoms with E-state index in [1.54, 1.807) is 30.3 Å². The number of carbonyl (C=O) groups is 2. The zero-order chi connectivity index (χ0) is 19.1. The molecule has 6 nitrogen and oxygen atoms in total. The van der Waals surface area contributed by atoms with Crippen LogP contribution >= 0.6 is 0 Å². The Morgan fingerprint density at radius 1 is 0.963 bits per heavy atom. The van der Waals surface area contributed by atoms with Crippen LogP contribution in [0.3, 0.4) is 0 Å². The Morgan fingerprint density at radius 3 is 2.48 bits per heavy atom. The highest BCUT2D eigenvalue weighted by molar-refractivity contribution is 5.98. The lowest BCUT2D eigenvalue weighted by molar-refractivity contribution is -0.121. The van der Waals surface area contributed by atoms with E-state index in [4.69, 9.17) is 9.47 Å². The number of ketones is 1. The maximum absolute atomic E-state index is 12.3. The van der Waals surface area contributed by atoms with Crippen molar-refractivity contribution in [1.82, 2.24) is 5.32 Å². The molecule has 2 aromatic rings. The van der Waals surface area contributed by atoms with Gasteiger partial charge in [-0.25, -0.2) is 0 Å². The smallest absolute Gasteiger partial charge is 0.220 e. The van der Waals surface area contributed by atoms with Crippen LogP contribution in [0.1, 0.15) is 35.2 Å². The molecule has 3 rings (SSSR count). The molecule has 0 saturated heterocycles. The predicted molar refractivity (Wildman–Crippen MR) is 100 cm³/mol. The van der Waals surface area contributed by atoms with Crippen molar-refractivity contribution in [2.45, 2.75) is 25.7 Å². The number of phenols is 1. The number of aryl methyl sites for hydroxylation is 1. The second-order valence-corrected chi connectivity index (χ2v) is 6.40. The minimum absolute atomic E-state index is 0.0915. The minimum atomic E-state index is -0.133. The third-order valence-electron chi connectivity index (χ3n) is 4.34. The average molecular weight is 369 g/mol. The molecule has 0 atom stereocenters. The molecular formula is C21H23NO5. The lowest BCUT2D eigenvalue weighted by Crippen LogP contribution is -2.25. The van der Waals surface area contributed by atoms with Gasteiger partial charge in [-0.2, -0.15) is 0 Å². The van der Waals surface area contributed by atoms with Crippen molar-refractivity contribution in [1.29, 1.82) is 0 Å². The van der Waals surface area contributed by atoms with Gasteiger partial charge in [0.2, 0.25) is 5.91 Å². The number of fused-ring (bicyclic) bond motifs is 1. The first-order chi connectivity index (χ1) is 13.1. The van der Waals surface area contributed by atoms with E-state index in [2.05, 4.69) is 5.32 Å². The lowest BCUT2D eigenvalue weighted by Gasteiger charge is -2.18. The van der Waals surface area contributed by atoms with E-state index in [1.807, 2.05) is 12.1 Å². The fourth-order valence-electron chi connectivity index (χ4n) is 2.86. The van der Waals surface area contributed by atoms with Crippen molar-refractivity contribution in [2.75, 3.05) is 19.8 Å². The fourth-order valence-corrected chi connectivity index (χ4v) is 2.86. The maximum atomic E-state index is 12.3. The van der Waals surface area contributed by atoms with Gasteiger partial charge in [-0.1, -0.05) is 12.1 Å². The van der Waals surface area contributed by atoms with Gasteiger partial charge in [0.25, 0.3) is 0 Å². The largest absolute Gasteiger partial charge is 0.508 e. The predicted octanol–water partition coefficient (Wildman–Crippen LogP) is 2.88. The van der Waals surface area contributed by atoms with E-state index in [-0.39, 0.29) is 30.3 Å². The standard InChI is InChI=1S/C21H23NO5/c23-17-6-3-15(4-7-17)2-1-11-22-21(25)10-8-18(24)16-5-9-19-20(14-16)27-13-12-26-19/h3-7,9,14,23H,1-2,8,10-13H2,(H,22,25). The summed E-state index contributed by atoms with van der Waals surface area (Å²) in [6.07, 6.45) is 1.93. The van der Waals surface area contributed by atoms with E-state index in [1.165, 1.54) is 0 Å². The molecule has 1 aliphatic rings. The summed E-state index contributed by atoms with van der Waals surface area (Å²) in [4.78, 5) is 24.2. The fraction of sp³-hybridized carbons (Fsp3) is 0.333. The number of aromatic hydroxyl groups is 1. The Labute approximate surface area is 158 Å². The van der Waals surface area contributed by atoms with Crippen molar-refractivity contribution >= 4 is 11.7 Å². The molecular weight excluding hydrogens is 346 g/mol. The first kappa shape index (κ1) is 18.8. The number of Topliss-reactive ketones (excluding diaryl/α,β-unsaturated/α-hetero) is 1. The molecule has 0 saturated carbocycles. The van der Waals surface area contributed by atoms with Gasteiger partial charge >= 0.3 is 0 Å². The average Bonchev–Trinajstić information content (AvgIpc) is 2.70. The molecule has 0 aromatic heterocycles. The molecule has 1 aliphatic heterocycles. The van der Waals surface area contributed by atoms with Gasteiger partial charge in [-0.05, 0) is 48.7 Å². The number of ether oxygens (including phenoxy) is 2. The summed E-state index contributed by atoms with van der Waals surface area (Å²) in [5.74, 6) is 1.24. The molecule has 0 aliphatic carbocycles. The van der Waals surface area contributed by atoms with Crippen molar-refractivity contribution in [3.63, 3.8) is 0 Å². The number of amides is 1. The van der Waals surface area contributed by atoms with Gasteiger partial charge in [0.05, 0.1) is 0 Å². The Balaban J connectivity index is 1.37. The van der Waals surface area contributed by atoms with Crippen molar-refractivity contribution in [2.24, 2.45) is 0 Å². The highest BCUT2D eigenvalue weighted by Crippen LogP contribution is 2.31. The third kappa shape index (κ3) is 5.48. The van der Waals surface area contributed by atoms with Crippen LogP contribution in [0.25, 0.3) is 0 Å². The number of phenolic OH excluding ortho intramolecular Hbond substituents is 1. The van der Waals surface area contributed by atoms with Gasteiger partial charge in [0, 0.05) is 24.9 Å². The second-order valence-electron chi connectivity index (χ2n) is 6.40. The summed E-state index contributed by atoms with van der Waals surface area (Å²) in [7, 11) is 0. The van der Waals surface area contributed by atoms with Crippen LogP contribution in [0.4, 0.5) is 0 Å². The topological polar surface area (TPSA) is 84.9 Å². The summed E-state index contributed by atoms with van der Waals surface area (Å²) in [6.45, 7) is 1.53. The van der Waals surface area contributed by atoms with Crippen LogP contribution in [0, 0.1) is 0 Å². The zero-order valence-electron chi connectivity index (χ0n) is 15.1. The van der Waals surface area contributed by atoms with Crippen molar-refractivity contribution in [3.05, 3.63) is 53.6 Å². The number of carbonyl (C=O) groups excluding carboxylic acids is 2. The summed E-state index contributed by atoms with van der Waals surface area (Å²) >= 11 is 0. The lowest BCUT2D eigenvalue weighted by atomic mass is 10.1. The van der Waals surface area contributed by atoms with E-state index in [0.29, 0.717) is 36.8 Å². The number of benzene rings is 2. The van der Waals surface area contributed by atoms with Gasteiger partial charge in [-0.3, -0.25) is 9.59 Å². The normalized spacial score (nSPS) is 12.4. The molecule has 0 radical (unpaired) electrons. The quantitative estimate of drug-likeness (QED) is 0.552. The number of rotatable bonds is 8. The molecule has 0 bridgehead atoms. The summed E-state index contributed by atoms with van der Waals surface area (Å²) in [5, 5.41) is 12.1. The summed E-state index contributed by atoms with van der Waals surface area (Å²) < 4.78 is 10.9. The van der Waals surface area contributed by atoms with Gasteiger partial charge < -0.3 is 19.9 Å². The molecule has 6 heteroatoms. The molecule has 27 heavy (non-hydrogen) atoms. The van der Waals surface area contributed by atoms with E-state index in [0.717, 1.165) is 18.4 Å². The monoisotopic (exact) mass is 369 g/mol. The zero-order valence-corrected chi connectivity index (χ0v) is 15.1. The Bertz CT molecular complexity index is 801. The van der Waals surface area contributed by atoms with Crippen LogP contribution in [-0.2, 0) is 11.2 Å². The molecule has 1 amide bonds. The molecule has 2 aromatic carbocycles. The summed E-state index contributed by atoms with van der Waals surface area (Å²) in [6, 6.07) is 12.1. The van der Waals surface area contributed by atoms with E-state index in [9.17, 15) is 14.7 Å². The highest BCUT2D eigenvalue weighted by Gasteiger charge is 2.15. The van der Waals surface area contributed by atoms with E-state index >= 15 is 0 Å². The van der Waals surface area contributed by atoms with Gasteiger partial charge in [0.1, 0.15) is 19.0 Å². The van der Waals surface area contributed by atoms with Crippen LogP contribution in [0.15, 0.2) is 42.5 Å². The van der Waals surface area contributed by atoms with Crippen molar-refractivity contribution in [3.8, 4) is 17.2 Å². The molecule has 0 spiro atoms. The van der Waals surface area contributed by atoms with Crippen LogP contribution in [0.5, 0.6) is 17.2 Å². The summed E-state index contributed by atoms with van der Waals surface area (Å²) in [5.41, 5.74) is 1.63. The third-order valence-corrected chi connectivity index (χ3v) is 4.34. The SMILES string of the molecule is O=C(CCC(=O)c1ccc2c(c1)OCCO2)NCCCc1ccc(O)cc1. The number of nitrogens with one attached hydrogen (secondary N) is 1. The maximum Gasteiger partial charge on any atom is 0.220 e. The molecule has 0 fully saturated rings. The first-order valence-electron chi connectivity index (χ1n) is 9.09. The van der Waals surface area contributed by atoms with Crippen LogP contribution in [0.2, 0.25) is 0 Å².